The van der Waals surface area contributed by atoms with Crippen LogP contribution in [0.5, 0.6) is 0 Å². The van der Waals surface area contributed by atoms with Gasteiger partial charge in [0.15, 0.2) is 0 Å². The normalized spacial score (nSPS) is 20.5. The highest BCUT2D eigenvalue weighted by Crippen LogP contribution is 2.40. The van der Waals surface area contributed by atoms with E-state index in [4.69, 9.17) is 5.11 Å². The highest BCUT2D eigenvalue weighted by Gasteiger charge is 2.26. The van der Waals surface area contributed by atoms with Gasteiger partial charge in [0.25, 0.3) is 0 Å². The van der Waals surface area contributed by atoms with Crippen LogP contribution in [0.4, 0.5) is 0 Å². The summed E-state index contributed by atoms with van der Waals surface area (Å²) in [6.45, 7) is 3.92. The molecule has 1 aliphatic rings. The van der Waals surface area contributed by atoms with Crippen molar-refractivity contribution < 1.29 is 9.90 Å². The molecule has 0 radical (unpaired) electrons. The lowest BCUT2D eigenvalue weighted by molar-refractivity contribution is -0.141. The predicted octanol–water partition coefficient (Wildman–Crippen LogP) is 3.12. The summed E-state index contributed by atoms with van der Waals surface area (Å²) < 4.78 is 0. The molecule has 2 unspecified atom stereocenters. The summed E-state index contributed by atoms with van der Waals surface area (Å²) in [4.78, 5) is 12.2. The molecule has 2 nitrogen and oxygen atoms in total. The number of benzene rings is 1. The Labute approximate surface area is 100 Å². The second-order valence-electron chi connectivity index (χ2n) is 4.47. The molecule has 1 N–H and O–H groups in total. The van der Waals surface area contributed by atoms with Crippen LogP contribution < -0.4 is 0 Å². The molecule has 0 fully saturated rings. The van der Waals surface area contributed by atoms with E-state index >= 15 is 0 Å². The van der Waals surface area contributed by atoms with Crippen molar-refractivity contribution in [2.45, 2.75) is 36.8 Å². The van der Waals surface area contributed by atoms with Gasteiger partial charge in [-0.1, -0.05) is 19.1 Å². The summed E-state index contributed by atoms with van der Waals surface area (Å²) in [6, 6.07) is 6.34. The van der Waals surface area contributed by atoms with Gasteiger partial charge in [-0.2, -0.15) is 0 Å². The second kappa shape index (κ2) is 4.50. The minimum absolute atomic E-state index is 0.243. The number of rotatable bonds is 3. The van der Waals surface area contributed by atoms with Gasteiger partial charge < -0.3 is 5.11 Å². The van der Waals surface area contributed by atoms with Crippen molar-refractivity contribution in [3.63, 3.8) is 0 Å². The molecule has 16 heavy (non-hydrogen) atoms. The summed E-state index contributed by atoms with van der Waals surface area (Å²) in [6.07, 6.45) is 1.78. The van der Waals surface area contributed by atoms with Gasteiger partial charge in [0, 0.05) is 10.1 Å². The third-order valence-electron chi connectivity index (χ3n) is 3.13. The van der Waals surface area contributed by atoms with E-state index in [1.54, 1.807) is 6.92 Å². The van der Waals surface area contributed by atoms with Crippen LogP contribution in [0.3, 0.4) is 0 Å². The molecule has 0 bridgehead atoms. The van der Waals surface area contributed by atoms with Gasteiger partial charge in [0.05, 0.1) is 5.92 Å². The lowest BCUT2D eigenvalue weighted by Crippen LogP contribution is -2.15. The first-order valence-electron chi connectivity index (χ1n) is 5.56. The Morgan fingerprint density at radius 1 is 1.62 bits per heavy atom. The predicted molar refractivity (Wildman–Crippen MR) is 65.9 cm³/mol. The molecule has 3 heteroatoms. The van der Waals surface area contributed by atoms with Gasteiger partial charge >= 0.3 is 5.97 Å². The summed E-state index contributed by atoms with van der Waals surface area (Å²) in [5.41, 5.74) is 2.74. The van der Waals surface area contributed by atoms with Crippen molar-refractivity contribution in [1.29, 1.82) is 0 Å². The number of carboxylic acid groups (broad SMARTS) is 1. The number of thioether (sulfide) groups is 1. The summed E-state index contributed by atoms with van der Waals surface area (Å²) in [5.74, 6) is -0.930. The van der Waals surface area contributed by atoms with Gasteiger partial charge in [0.2, 0.25) is 0 Å². The van der Waals surface area contributed by atoms with Crippen LogP contribution in [-0.4, -0.2) is 16.3 Å². The largest absolute Gasteiger partial charge is 0.481 e. The van der Waals surface area contributed by atoms with Crippen molar-refractivity contribution in [2.75, 3.05) is 0 Å². The van der Waals surface area contributed by atoms with E-state index in [1.165, 1.54) is 16.0 Å². The minimum atomic E-state index is -0.687. The number of hydrogen-bond acceptors (Lipinski definition) is 2. The van der Waals surface area contributed by atoms with E-state index in [0.29, 0.717) is 5.25 Å². The zero-order chi connectivity index (χ0) is 11.7. The molecule has 2 rings (SSSR count). The first-order valence-corrected chi connectivity index (χ1v) is 6.44. The fourth-order valence-corrected chi connectivity index (χ4v) is 3.66. The monoisotopic (exact) mass is 236 g/mol. The van der Waals surface area contributed by atoms with Gasteiger partial charge in [-0.05, 0) is 37.0 Å². The molecule has 0 aliphatic carbocycles. The van der Waals surface area contributed by atoms with E-state index in [1.807, 2.05) is 11.8 Å². The molecule has 1 heterocycles. The third kappa shape index (κ3) is 2.24. The maximum atomic E-state index is 10.8. The van der Waals surface area contributed by atoms with Crippen LogP contribution >= 0.6 is 11.8 Å². The van der Waals surface area contributed by atoms with Crippen LogP contribution in [0.15, 0.2) is 23.1 Å². The quantitative estimate of drug-likeness (QED) is 0.876. The first-order chi connectivity index (χ1) is 7.58. The Bertz CT molecular complexity index is 414. The average Bonchev–Trinajstić information content (AvgIpc) is 2.61. The average molecular weight is 236 g/mol. The highest BCUT2D eigenvalue weighted by molar-refractivity contribution is 8.00. The molecule has 86 valence electrons. The van der Waals surface area contributed by atoms with Crippen LogP contribution in [0.2, 0.25) is 0 Å². The molecule has 0 saturated carbocycles. The number of aliphatic carboxylic acids is 1. The Balaban J connectivity index is 2.06. The number of carboxylic acids is 1. The van der Waals surface area contributed by atoms with Crippen molar-refractivity contribution in [3.05, 3.63) is 29.3 Å². The van der Waals surface area contributed by atoms with Crippen LogP contribution in [0, 0.1) is 12.8 Å². The van der Waals surface area contributed by atoms with Crippen LogP contribution in [-0.2, 0) is 11.2 Å². The number of carbonyl (C=O) groups is 1. The molecule has 0 aromatic heterocycles. The fraction of sp³-hybridized carbons (Fsp3) is 0.462. The fourth-order valence-electron chi connectivity index (χ4n) is 2.12. The van der Waals surface area contributed by atoms with E-state index in [-0.39, 0.29) is 5.92 Å². The second-order valence-corrected chi connectivity index (χ2v) is 5.81. The minimum Gasteiger partial charge on any atom is -0.481 e. The number of fused-ring (bicyclic) bond motifs is 1. The topological polar surface area (TPSA) is 37.3 Å². The number of aryl methyl sites for hydroxylation is 1. The van der Waals surface area contributed by atoms with Gasteiger partial charge in [-0.25, -0.2) is 0 Å². The molecular weight excluding hydrogens is 220 g/mol. The first kappa shape index (κ1) is 11.5. The standard InChI is InChI=1S/C13H16O2S/c1-8-4-3-5-12-11(8)7-10(16-12)6-9(2)13(14)15/h3-5,9-10H,6-7H2,1-2H3,(H,14,15). The van der Waals surface area contributed by atoms with E-state index in [0.717, 1.165) is 12.8 Å². The Morgan fingerprint density at radius 2 is 2.38 bits per heavy atom. The smallest absolute Gasteiger partial charge is 0.306 e. The third-order valence-corrected chi connectivity index (χ3v) is 4.46. The van der Waals surface area contributed by atoms with E-state index in [9.17, 15) is 4.79 Å². The van der Waals surface area contributed by atoms with Crippen molar-refractivity contribution in [1.82, 2.24) is 0 Å². The van der Waals surface area contributed by atoms with Gasteiger partial charge in [-0.15, -0.1) is 11.8 Å². The molecule has 0 saturated heterocycles. The molecular formula is C13H16O2S. The lowest BCUT2D eigenvalue weighted by Gasteiger charge is -2.11. The van der Waals surface area contributed by atoms with Crippen molar-refractivity contribution in [2.24, 2.45) is 5.92 Å². The zero-order valence-electron chi connectivity index (χ0n) is 9.56. The molecule has 0 amide bonds. The molecule has 1 aliphatic heterocycles. The van der Waals surface area contributed by atoms with E-state index < -0.39 is 5.97 Å². The molecule has 1 aromatic carbocycles. The molecule has 0 spiro atoms. The maximum absolute atomic E-state index is 10.8. The molecule has 1 aromatic rings. The van der Waals surface area contributed by atoms with Crippen molar-refractivity contribution >= 4 is 17.7 Å². The zero-order valence-corrected chi connectivity index (χ0v) is 10.4. The van der Waals surface area contributed by atoms with Crippen molar-refractivity contribution in [3.8, 4) is 0 Å². The van der Waals surface area contributed by atoms with Gasteiger partial charge in [0.1, 0.15) is 0 Å². The lowest BCUT2D eigenvalue weighted by atomic mass is 9.99. The Morgan fingerprint density at radius 3 is 3.00 bits per heavy atom. The molecule has 2 atom stereocenters. The SMILES string of the molecule is Cc1cccc2c1CC(CC(C)C(=O)O)S2. The summed E-state index contributed by atoms with van der Waals surface area (Å²) in [7, 11) is 0. The van der Waals surface area contributed by atoms with E-state index in [2.05, 4.69) is 25.1 Å². The summed E-state index contributed by atoms with van der Waals surface area (Å²) >= 11 is 1.83. The van der Waals surface area contributed by atoms with Crippen LogP contribution in [0.1, 0.15) is 24.5 Å². The maximum Gasteiger partial charge on any atom is 0.306 e. The highest BCUT2D eigenvalue weighted by atomic mass is 32.2. The Kier molecular flexibility index (Phi) is 3.24. The number of hydrogen-bond donors (Lipinski definition) is 1. The van der Waals surface area contributed by atoms with Crippen LogP contribution in [0.25, 0.3) is 0 Å². The summed E-state index contributed by atoms with van der Waals surface area (Å²) in [5, 5.41) is 9.34. The van der Waals surface area contributed by atoms with Gasteiger partial charge in [-0.3, -0.25) is 4.79 Å². The Hall–Kier alpha value is -0.960.